The van der Waals surface area contributed by atoms with Crippen LogP contribution in [0, 0.1) is 6.92 Å². The Balaban J connectivity index is 1.60. The number of fused-ring (bicyclic) bond motifs is 1. The number of para-hydroxylation sites is 1. The number of hydrogen-bond acceptors (Lipinski definition) is 4. The van der Waals surface area contributed by atoms with Crippen LogP contribution < -0.4 is 10.9 Å². The summed E-state index contributed by atoms with van der Waals surface area (Å²) in [5, 5.41) is 4.79. The molecule has 0 radical (unpaired) electrons. The zero-order valence-electron chi connectivity index (χ0n) is 18.3. The van der Waals surface area contributed by atoms with Crippen LogP contribution in [0.1, 0.15) is 50.5 Å². The number of carbonyl (C=O) groups is 1. The molecule has 1 aliphatic rings. The minimum absolute atomic E-state index is 0.0172. The number of carbonyl (C=O) groups excluding carboxylic acids is 1. The van der Waals surface area contributed by atoms with E-state index in [1.807, 2.05) is 37.3 Å². The lowest BCUT2D eigenvalue weighted by Gasteiger charge is -2.21. The standard InChI is InChI=1S/C25H28ClN3O2S/c1-17-13-14-19(15-21(17)26)29-24(31)20-11-7-8-12-22(20)28-25(29)32-16-23(30)27-18-9-5-3-2-4-6-10-18/h7-8,11-15,18H,2-6,9-10,16H2,1H3,(H,27,30). The fourth-order valence-corrected chi connectivity index (χ4v) is 5.16. The van der Waals surface area contributed by atoms with Gasteiger partial charge in [0.25, 0.3) is 5.56 Å². The van der Waals surface area contributed by atoms with Gasteiger partial charge in [-0.1, -0.05) is 73.7 Å². The summed E-state index contributed by atoms with van der Waals surface area (Å²) in [6, 6.07) is 13.0. The van der Waals surface area contributed by atoms with Crippen LogP contribution in [0.3, 0.4) is 0 Å². The number of halogens is 1. The fourth-order valence-electron chi connectivity index (χ4n) is 4.16. The van der Waals surface area contributed by atoms with Crippen molar-refractivity contribution in [3.8, 4) is 5.69 Å². The summed E-state index contributed by atoms with van der Waals surface area (Å²) in [7, 11) is 0. The Labute approximate surface area is 197 Å². The molecule has 1 fully saturated rings. The number of thioether (sulfide) groups is 1. The summed E-state index contributed by atoms with van der Waals surface area (Å²) in [6.45, 7) is 1.92. The van der Waals surface area contributed by atoms with E-state index in [9.17, 15) is 9.59 Å². The average Bonchev–Trinajstić information content (AvgIpc) is 2.76. The third kappa shape index (κ3) is 5.36. The molecule has 1 heterocycles. The fraction of sp³-hybridized carbons (Fsp3) is 0.400. The second kappa shape index (κ2) is 10.5. The van der Waals surface area contributed by atoms with Gasteiger partial charge in [-0.05, 0) is 49.6 Å². The van der Waals surface area contributed by atoms with E-state index in [1.54, 1.807) is 16.7 Å². The van der Waals surface area contributed by atoms with E-state index in [2.05, 4.69) is 5.32 Å². The highest BCUT2D eigenvalue weighted by Gasteiger charge is 2.18. The van der Waals surface area contributed by atoms with Gasteiger partial charge in [0, 0.05) is 11.1 Å². The normalized spacial score (nSPS) is 15.3. The maximum atomic E-state index is 13.3. The lowest BCUT2D eigenvalue weighted by Crippen LogP contribution is -2.36. The second-order valence-electron chi connectivity index (χ2n) is 8.38. The molecule has 1 saturated carbocycles. The van der Waals surface area contributed by atoms with Crippen LogP contribution in [0.15, 0.2) is 52.4 Å². The van der Waals surface area contributed by atoms with Crippen molar-refractivity contribution in [1.82, 2.24) is 14.9 Å². The van der Waals surface area contributed by atoms with Gasteiger partial charge < -0.3 is 5.32 Å². The van der Waals surface area contributed by atoms with Crippen LogP contribution in [-0.4, -0.2) is 27.3 Å². The highest BCUT2D eigenvalue weighted by atomic mass is 35.5. The third-order valence-electron chi connectivity index (χ3n) is 5.96. The highest BCUT2D eigenvalue weighted by molar-refractivity contribution is 7.99. The van der Waals surface area contributed by atoms with Crippen molar-refractivity contribution in [2.75, 3.05) is 5.75 Å². The molecule has 0 bridgehead atoms. The third-order valence-corrected chi connectivity index (χ3v) is 7.31. The molecule has 0 unspecified atom stereocenters. The van der Waals surface area contributed by atoms with Crippen LogP contribution in [0.4, 0.5) is 0 Å². The van der Waals surface area contributed by atoms with Gasteiger partial charge in [-0.3, -0.25) is 14.2 Å². The number of nitrogens with one attached hydrogen (secondary N) is 1. The molecule has 4 rings (SSSR count). The molecule has 0 aliphatic heterocycles. The van der Waals surface area contributed by atoms with Crippen molar-refractivity contribution in [2.45, 2.75) is 63.1 Å². The van der Waals surface area contributed by atoms with Crippen molar-refractivity contribution >= 4 is 40.2 Å². The Kier molecular flexibility index (Phi) is 7.53. The monoisotopic (exact) mass is 469 g/mol. The van der Waals surface area contributed by atoms with E-state index >= 15 is 0 Å². The van der Waals surface area contributed by atoms with Gasteiger partial charge in [0.1, 0.15) is 0 Å². The van der Waals surface area contributed by atoms with Crippen molar-refractivity contribution in [2.24, 2.45) is 0 Å². The second-order valence-corrected chi connectivity index (χ2v) is 9.73. The van der Waals surface area contributed by atoms with Crippen molar-refractivity contribution in [3.63, 3.8) is 0 Å². The summed E-state index contributed by atoms with van der Waals surface area (Å²) in [5.41, 5.74) is 2.03. The Morgan fingerprint density at radius 2 is 1.84 bits per heavy atom. The Bertz CT molecular complexity index is 1170. The van der Waals surface area contributed by atoms with Gasteiger partial charge in [0.05, 0.1) is 22.3 Å². The molecule has 1 aliphatic carbocycles. The van der Waals surface area contributed by atoms with E-state index in [1.165, 1.54) is 31.0 Å². The molecule has 5 nitrogen and oxygen atoms in total. The van der Waals surface area contributed by atoms with Crippen LogP contribution in [0.5, 0.6) is 0 Å². The van der Waals surface area contributed by atoms with Crippen LogP contribution in [-0.2, 0) is 4.79 Å². The molecule has 1 aromatic heterocycles. The number of benzene rings is 2. The van der Waals surface area contributed by atoms with Crippen LogP contribution >= 0.6 is 23.4 Å². The number of rotatable bonds is 5. The first-order valence-electron chi connectivity index (χ1n) is 11.2. The molecular formula is C25H28ClN3O2S. The maximum Gasteiger partial charge on any atom is 0.266 e. The minimum Gasteiger partial charge on any atom is -0.353 e. The quantitative estimate of drug-likeness (QED) is 0.386. The molecule has 32 heavy (non-hydrogen) atoms. The van der Waals surface area contributed by atoms with E-state index < -0.39 is 0 Å². The van der Waals surface area contributed by atoms with E-state index in [0.29, 0.717) is 26.8 Å². The molecule has 0 saturated heterocycles. The first-order valence-corrected chi connectivity index (χ1v) is 12.6. The molecule has 1 N–H and O–H groups in total. The van der Waals surface area contributed by atoms with E-state index in [-0.39, 0.29) is 23.3 Å². The summed E-state index contributed by atoms with van der Waals surface area (Å²) < 4.78 is 1.56. The lowest BCUT2D eigenvalue weighted by molar-refractivity contribution is -0.119. The van der Waals surface area contributed by atoms with Gasteiger partial charge in [-0.25, -0.2) is 4.98 Å². The SMILES string of the molecule is Cc1ccc(-n2c(SCC(=O)NC3CCCCCCC3)nc3ccccc3c2=O)cc1Cl. The maximum absolute atomic E-state index is 13.3. The molecule has 1 amide bonds. The molecule has 7 heteroatoms. The Hall–Kier alpha value is -2.31. The summed E-state index contributed by atoms with van der Waals surface area (Å²) >= 11 is 7.62. The molecule has 3 aromatic rings. The van der Waals surface area contributed by atoms with E-state index in [0.717, 1.165) is 31.2 Å². The highest BCUT2D eigenvalue weighted by Crippen LogP contribution is 2.25. The van der Waals surface area contributed by atoms with Gasteiger partial charge in [-0.2, -0.15) is 0 Å². The first kappa shape index (κ1) is 22.9. The van der Waals surface area contributed by atoms with Crippen molar-refractivity contribution in [1.29, 1.82) is 0 Å². The van der Waals surface area contributed by atoms with Gasteiger partial charge in [0.15, 0.2) is 5.16 Å². The van der Waals surface area contributed by atoms with Crippen molar-refractivity contribution < 1.29 is 4.79 Å². The molecular weight excluding hydrogens is 442 g/mol. The lowest BCUT2D eigenvalue weighted by atomic mass is 9.97. The summed E-state index contributed by atoms with van der Waals surface area (Å²) in [5.74, 6) is 0.192. The zero-order valence-corrected chi connectivity index (χ0v) is 19.8. The van der Waals surface area contributed by atoms with Gasteiger partial charge in [0.2, 0.25) is 5.91 Å². The molecule has 0 atom stereocenters. The zero-order chi connectivity index (χ0) is 22.5. The number of nitrogens with zero attached hydrogens (tertiary/aromatic N) is 2. The summed E-state index contributed by atoms with van der Waals surface area (Å²) in [4.78, 5) is 30.8. The molecule has 0 spiro atoms. The Morgan fingerprint density at radius 3 is 2.59 bits per heavy atom. The van der Waals surface area contributed by atoms with Crippen LogP contribution in [0.25, 0.3) is 16.6 Å². The average molecular weight is 470 g/mol. The Morgan fingerprint density at radius 1 is 1.12 bits per heavy atom. The number of amides is 1. The molecule has 168 valence electrons. The van der Waals surface area contributed by atoms with Crippen LogP contribution in [0.2, 0.25) is 5.02 Å². The number of aryl methyl sites for hydroxylation is 1. The van der Waals surface area contributed by atoms with E-state index in [4.69, 9.17) is 16.6 Å². The number of aromatic nitrogens is 2. The smallest absolute Gasteiger partial charge is 0.266 e. The van der Waals surface area contributed by atoms with Gasteiger partial charge in [-0.15, -0.1) is 0 Å². The largest absolute Gasteiger partial charge is 0.353 e. The van der Waals surface area contributed by atoms with Crippen molar-refractivity contribution in [3.05, 3.63) is 63.4 Å². The van der Waals surface area contributed by atoms with Gasteiger partial charge >= 0.3 is 0 Å². The predicted octanol–water partition coefficient (Wildman–Crippen LogP) is 5.67. The minimum atomic E-state index is -0.168. The predicted molar refractivity (Wildman–Crippen MR) is 132 cm³/mol. The first-order chi connectivity index (χ1) is 15.5. The molecule has 2 aromatic carbocycles. The number of hydrogen-bond donors (Lipinski definition) is 1. The topological polar surface area (TPSA) is 64.0 Å². The summed E-state index contributed by atoms with van der Waals surface area (Å²) in [6.07, 6.45) is 8.19.